The second kappa shape index (κ2) is 5.02. The van der Waals surface area contributed by atoms with E-state index in [0.717, 1.165) is 18.7 Å². The van der Waals surface area contributed by atoms with Gasteiger partial charge in [0.1, 0.15) is 5.82 Å². The van der Waals surface area contributed by atoms with E-state index in [1.165, 1.54) is 18.2 Å². The van der Waals surface area contributed by atoms with Crippen molar-refractivity contribution in [1.29, 1.82) is 0 Å². The van der Waals surface area contributed by atoms with Gasteiger partial charge in [0.2, 0.25) is 10.0 Å². The van der Waals surface area contributed by atoms with Crippen molar-refractivity contribution < 1.29 is 8.42 Å². The van der Waals surface area contributed by atoms with Gasteiger partial charge in [0.15, 0.2) is 0 Å². The van der Waals surface area contributed by atoms with Gasteiger partial charge in [0, 0.05) is 18.8 Å². The van der Waals surface area contributed by atoms with E-state index in [0.29, 0.717) is 11.4 Å². The number of nitrogens with zero attached hydrogens (tertiary/aromatic N) is 2. The zero-order chi connectivity index (χ0) is 14.0. The first-order chi connectivity index (χ1) is 8.93. The van der Waals surface area contributed by atoms with E-state index in [9.17, 15) is 8.42 Å². The van der Waals surface area contributed by atoms with Gasteiger partial charge < -0.3 is 10.3 Å². The Bertz CT molecular complexity index is 692. The molecule has 1 aromatic carbocycles. The number of nitrogen functional groups attached to an aromatic ring is 1. The van der Waals surface area contributed by atoms with Crippen molar-refractivity contribution in [2.45, 2.75) is 24.7 Å². The topological polar surface area (TPSA) is 104 Å². The molecule has 0 saturated heterocycles. The number of hydrogen-bond acceptors (Lipinski definition) is 4. The lowest BCUT2D eigenvalue weighted by Crippen LogP contribution is -2.13. The summed E-state index contributed by atoms with van der Waals surface area (Å²) in [5.74, 6) is 0.834. The summed E-state index contributed by atoms with van der Waals surface area (Å²) in [4.78, 5) is 4.28. The number of imidazole rings is 1. The molecule has 2 aromatic rings. The molecule has 102 valence electrons. The molecule has 4 N–H and O–H groups in total. The molecule has 1 aromatic heterocycles. The molecule has 0 aliphatic heterocycles. The fourth-order valence-corrected chi connectivity index (χ4v) is 2.40. The van der Waals surface area contributed by atoms with E-state index < -0.39 is 10.0 Å². The van der Waals surface area contributed by atoms with E-state index >= 15 is 0 Å². The van der Waals surface area contributed by atoms with Gasteiger partial charge in [-0.25, -0.2) is 18.5 Å². The number of nitrogens with two attached hydrogens (primary N) is 2. The molecule has 0 bridgehead atoms. The molecule has 6 nitrogen and oxygen atoms in total. The third-order valence-corrected chi connectivity index (χ3v) is 3.69. The number of rotatable bonds is 4. The Morgan fingerprint density at radius 3 is 2.74 bits per heavy atom. The van der Waals surface area contributed by atoms with Crippen LogP contribution in [0.1, 0.15) is 19.2 Å². The lowest BCUT2D eigenvalue weighted by molar-refractivity contribution is 0.597. The van der Waals surface area contributed by atoms with Gasteiger partial charge in [-0.2, -0.15) is 0 Å². The van der Waals surface area contributed by atoms with Crippen LogP contribution in [0.2, 0.25) is 0 Å². The average molecular weight is 280 g/mol. The maximum Gasteiger partial charge on any atom is 0.238 e. The first-order valence-electron chi connectivity index (χ1n) is 5.88. The summed E-state index contributed by atoms with van der Waals surface area (Å²) in [6.07, 6.45) is 5.13. The molecule has 19 heavy (non-hydrogen) atoms. The zero-order valence-corrected chi connectivity index (χ0v) is 11.4. The predicted molar refractivity (Wildman–Crippen MR) is 73.3 cm³/mol. The maximum atomic E-state index is 11.4. The summed E-state index contributed by atoms with van der Waals surface area (Å²) in [6, 6.07) is 4.39. The van der Waals surface area contributed by atoms with E-state index in [1.807, 2.05) is 6.92 Å². The molecule has 0 spiro atoms. The molecule has 0 radical (unpaired) electrons. The summed E-state index contributed by atoms with van der Waals surface area (Å²) in [5, 5.41) is 5.13. The third kappa shape index (κ3) is 2.77. The van der Waals surface area contributed by atoms with Gasteiger partial charge >= 0.3 is 0 Å². The summed E-state index contributed by atoms with van der Waals surface area (Å²) in [6.45, 7) is 2.04. The lowest BCUT2D eigenvalue weighted by Gasteiger charge is -2.11. The lowest BCUT2D eigenvalue weighted by atomic mass is 10.2. The highest BCUT2D eigenvalue weighted by Gasteiger charge is 2.13. The third-order valence-electron chi connectivity index (χ3n) is 2.78. The fourth-order valence-electron chi connectivity index (χ4n) is 1.87. The van der Waals surface area contributed by atoms with Crippen molar-refractivity contribution >= 4 is 15.7 Å². The molecule has 0 aliphatic rings. The quantitative estimate of drug-likeness (QED) is 0.817. The Morgan fingerprint density at radius 1 is 1.37 bits per heavy atom. The first-order valence-corrected chi connectivity index (χ1v) is 7.43. The molecular formula is C12H16N4O2S. The van der Waals surface area contributed by atoms with Crippen LogP contribution >= 0.6 is 0 Å². The van der Waals surface area contributed by atoms with E-state index in [-0.39, 0.29) is 4.90 Å². The van der Waals surface area contributed by atoms with Crippen LogP contribution < -0.4 is 10.9 Å². The Kier molecular flexibility index (Phi) is 3.59. The van der Waals surface area contributed by atoms with Crippen LogP contribution in [0.3, 0.4) is 0 Å². The normalized spacial score (nSPS) is 11.7. The van der Waals surface area contributed by atoms with Crippen molar-refractivity contribution in [3.63, 3.8) is 0 Å². The second-order valence-corrected chi connectivity index (χ2v) is 5.79. The number of hydrogen-bond donors (Lipinski definition) is 2. The van der Waals surface area contributed by atoms with Gasteiger partial charge in [0.25, 0.3) is 0 Å². The zero-order valence-electron chi connectivity index (χ0n) is 10.6. The molecule has 0 aliphatic carbocycles. The SMILES string of the molecule is CCCc1nccn1-c1cc(S(N)(=O)=O)ccc1N. The molecule has 0 atom stereocenters. The average Bonchev–Trinajstić information content (AvgIpc) is 2.77. The molecule has 0 fully saturated rings. The second-order valence-electron chi connectivity index (χ2n) is 4.23. The van der Waals surface area contributed by atoms with Gasteiger partial charge in [-0.15, -0.1) is 0 Å². The van der Waals surface area contributed by atoms with E-state index in [1.54, 1.807) is 17.0 Å². The number of sulfonamides is 1. The first kappa shape index (κ1) is 13.6. The molecular weight excluding hydrogens is 264 g/mol. The Hall–Kier alpha value is -1.86. The van der Waals surface area contributed by atoms with Crippen LogP contribution in [0.5, 0.6) is 0 Å². The van der Waals surface area contributed by atoms with Gasteiger partial charge in [0.05, 0.1) is 16.3 Å². The summed E-state index contributed by atoms with van der Waals surface area (Å²) >= 11 is 0. The van der Waals surface area contributed by atoms with Crippen molar-refractivity contribution in [3.8, 4) is 5.69 Å². The highest BCUT2D eigenvalue weighted by atomic mass is 32.2. The highest BCUT2D eigenvalue weighted by Crippen LogP contribution is 2.22. The van der Waals surface area contributed by atoms with Crippen LogP contribution in [0.4, 0.5) is 5.69 Å². The van der Waals surface area contributed by atoms with Crippen LogP contribution in [-0.2, 0) is 16.4 Å². The van der Waals surface area contributed by atoms with Crippen LogP contribution in [0.25, 0.3) is 5.69 Å². The Balaban J connectivity index is 2.58. The highest BCUT2D eigenvalue weighted by molar-refractivity contribution is 7.89. The number of aryl methyl sites for hydroxylation is 1. The standard InChI is InChI=1S/C12H16N4O2S/c1-2-3-12-15-6-7-16(12)11-8-9(19(14,17)18)4-5-10(11)13/h4-8H,2-3,13H2,1H3,(H2,14,17,18). The van der Waals surface area contributed by atoms with Gasteiger partial charge in [-0.3, -0.25) is 0 Å². The molecule has 1 heterocycles. The predicted octanol–water partition coefficient (Wildman–Crippen LogP) is 1.05. The van der Waals surface area contributed by atoms with Gasteiger partial charge in [-0.1, -0.05) is 6.92 Å². The van der Waals surface area contributed by atoms with Crippen molar-refractivity contribution in [2.24, 2.45) is 5.14 Å². The Labute approximate surface area is 112 Å². The molecule has 7 heteroatoms. The summed E-state index contributed by atoms with van der Waals surface area (Å²) < 4.78 is 24.6. The van der Waals surface area contributed by atoms with Crippen molar-refractivity contribution in [1.82, 2.24) is 9.55 Å². The van der Waals surface area contributed by atoms with Crippen molar-refractivity contribution in [3.05, 3.63) is 36.4 Å². The molecule has 0 saturated carbocycles. The fraction of sp³-hybridized carbons (Fsp3) is 0.250. The number of benzene rings is 1. The van der Waals surface area contributed by atoms with Crippen molar-refractivity contribution in [2.75, 3.05) is 5.73 Å². The largest absolute Gasteiger partial charge is 0.397 e. The van der Waals surface area contributed by atoms with Crippen LogP contribution in [0, 0.1) is 0 Å². The summed E-state index contributed by atoms with van der Waals surface area (Å²) in [5.41, 5.74) is 6.96. The minimum atomic E-state index is -3.75. The number of primary sulfonamides is 1. The maximum absolute atomic E-state index is 11.4. The van der Waals surface area contributed by atoms with E-state index in [2.05, 4.69) is 4.98 Å². The monoisotopic (exact) mass is 280 g/mol. The minimum Gasteiger partial charge on any atom is -0.397 e. The Morgan fingerprint density at radius 2 is 2.11 bits per heavy atom. The van der Waals surface area contributed by atoms with Crippen LogP contribution in [0.15, 0.2) is 35.5 Å². The molecule has 0 unspecified atom stereocenters. The van der Waals surface area contributed by atoms with Crippen LogP contribution in [-0.4, -0.2) is 18.0 Å². The molecule has 2 rings (SSSR count). The smallest absolute Gasteiger partial charge is 0.238 e. The minimum absolute atomic E-state index is 0.0350. The van der Waals surface area contributed by atoms with E-state index in [4.69, 9.17) is 10.9 Å². The summed E-state index contributed by atoms with van der Waals surface area (Å²) in [7, 11) is -3.75. The van der Waals surface area contributed by atoms with Gasteiger partial charge in [-0.05, 0) is 24.6 Å². The molecule has 0 amide bonds. The number of anilines is 1. The number of aromatic nitrogens is 2.